The van der Waals surface area contributed by atoms with Gasteiger partial charge in [0.25, 0.3) is 5.91 Å². The Labute approximate surface area is 99.8 Å². The van der Waals surface area contributed by atoms with Crippen LogP contribution in [0.2, 0.25) is 0 Å². The molecule has 1 amide bonds. The topological polar surface area (TPSA) is 51.2 Å². The molecule has 0 saturated heterocycles. The number of amides is 1. The van der Waals surface area contributed by atoms with E-state index in [4.69, 9.17) is 4.74 Å². The van der Waals surface area contributed by atoms with E-state index < -0.39 is 6.10 Å². The van der Waals surface area contributed by atoms with Crippen LogP contribution in [0.3, 0.4) is 0 Å². The molecular formula is C11H16N2O2S. The molecule has 0 bridgehead atoms. The summed E-state index contributed by atoms with van der Waals surface area (Å²) in [5, 5.41) is 3.68. The summed E-state index contributed by atoms with van der Waals surface area (Å²) in [6, 6.07) is 3.73. The third kappa shape index (κ3) is 3.83. The average molecular weight is 240 g/mol. The van der Waals surface area contributed by atoms with Crippen molar-refractivity contribution in [3.63, 3.8) is 0 Å². The number of nitrogens with one attached hydrogen (secondary N) is 1. The second-order valence-corrected chi connectivity index (χ2v) is 4.47. The van der Waals surface area contributed by atoms with Gasteiger partial charge in [0.15, 0.2) is 0 Å². The molecule has 0 fully saturated rings. The molecule has 1 rings (SSSR count). The van der Waals surface area contributed by atoms with Gasteiger partial charge in [-0.25, -0.2) is 4.98 Å². The summed E-state index contributed by atoms with van der Waals surface area (Å²) in [6.07, 6.45) is 1.20. The summed E-state index contributed by atoms with van der Waals surface area (Å²) >= 11 is 1.67. The molecule has 1 atom stereocenters. The minimum atomic E-state index is -0.454. The predicted molar refractivity (Wildman–Crippen MR) is 65.7 cm³/mol. The third-order valence-corrected chi connectivity index (χ3v) is 2.84. The quantitative estimate of drug-likeness (QED) is 0.801. The number of pyridine rings is 1. The number of carbonyl (C=O) groups excluding carboxylic acids is 1. The Morgan fingerprint density at radius 3 is 2.88 bits per heavy atom. The number of thioether (sulfide) groups is 1. The summed E-state index contributed by atoms with van der Waals surface area (Å²) in [7, 11) is 1.50. The van der Waals surface area contributed by atoms with Crippen molar-refractivity contribution in [1.82, 2.24) is 4.98 Å². The van der Waals surface area contributed by atoms with Crippen LogP contribution in [0.5, 0.6) is 0 Å². The molecule has 0 aliphatic rings. The molecule has 0 unspecified atom stereocenters. The fraction of sp³-hybridized carbons (Fsp3) is 0.455. The molecule has 1 aromatic heterocycles. The van der Waals surface area contributed by atoms with E-state index in [9.17, 15) is 4.79 Å². The number of aromatic nitrogens is 1. The van der Waals surface area contributed by atoms with E-state index in [-0.39, 0.29) is 5.91 Å². The zero-order valence-corrected chi connectivity index (χ0v) is 10.5. The van der Waals surface area contributed by atoms with Gasteiger partial charge in [0.1, 0.15) is 6.10 Å². The lowest BCUT2D eigenvalue weighted by molar-refractivity contribution is -0.124. The highest BCUT2D eigenvalue weighted by Crippen LogP contribution is 2.16. The fourth-order valence-electron chi connectivity index (χ4n) is 1.04. The first-order chi connectivity index (χ1) is 7.67. The smallest absolute Gasteiger partial charge is 0.253 e. The molecule has 16 heavy (non-hydrogen) atoms. The van der Waals surface area contributed by atoms with Crippen molar-refractivity contribution in [3.05, 3.63) is 18.3 Å². The highest BCUT2D eigenvalue weighted by Gasteiger charge is 2.11. The van der Waals surface area contributed by atoms with E-state index in [2.05, 4.69) is 17.2 Å². The summed E-state index contributed by atoms with van der Waals surface area (Å²) < 4.78 is 4.91. The fourth-order valence-corrected chi connectivity index (χ4v) is 1.63. The molecule has 1 heterocycles. The van der Waals surface area contributed by atoms with Gasteiger partial charge in [-0.3, -0.25) is 4.79 Å². The van der Waals surface area contributed by atoms with E-state index in [1.165, 1.54) is 7.11 Å². The zero-order valence-electron chi connectivity index (χ0n) is 9.69. The van der Waals surface area contributed by atoms with Crippen molar-refractivity contribution in [2.24, 2.45) is 0 Å². The Morgan fingerprint density at radius 2 is 2.38 bits per heavy atom. The first-order valence-electron chi connectivity index (χ1n) is 5.10. The molecule has 1 aromatic rings. The van der Waals surface area contributed by atoms with Gasteiger partial charge in [0.2, 0.25) is 0 Å². The summed E-state index contributed by atoms with van der Waals surface area (Å²) in [5.41, 5.74) is 0.689. The van der Waals surface area contributed by atoms with E-state index in [0.717, 1.165) is 10.8 Å². The van der Waals surface area contributed by atoms with Crippen molar-refractivity contribution in [2.45, 2.75) is 25.0 Å². The molecule has 0 saturated carbocycles. The van der Waals surface area contributed by atoms with E-state index in [1.807, 2.05) is 12.1 Å². The molecular weight excluding hydrogens is 224 g/mol. The lowest BCUT2D eigenvalue weighted by Gasteiger charge is -2.10. The Kier molecular flexibility index (Phi) is 5.28. The van der Waals surface area contributed by atoms with E-state index >= 15 is 0 Å². The van der Waals surface area contributed by atoms with Crippen molar-refractivity contribution in [2.75, 3.05) is 18.2 Å². The number of ether oxygens (including phenoxy) is 1. The number of carbonyl (C=O) groups is 1. The lowest BCUT2D eigenvalue weighted by Crippen LogP contribution is -2.26. The molecule has 0 radical (unpaired) electrons. The first-order valence-corrected chi connectivity index (χ1v) is 6.08. The number of rotatable bonds is 5. The maximum Gasteiger partial charge on any atom is 0.253 e. The van der Waals surface area contributed by atoms with Crippen LogP contribution < -0.4 is 5.32 Å². The molecule has 0 spiro atoms. The minimum absolute atomic E-state index is 0.166. The minimum Gasteiger partial charge on any atom is -0.372 e. The average Bonchev–Trinajstić information content (AvgIpc) is 2.31. The SMILES string of the molecule is CCSc1ccc(NC(=O)[C@H](C)OC)cn1. The van der Waals surface area contributed by atoms with Gasteiger partial charge >= 0.3 is 0 Å². The molecule has 0 aliphatic heterocycles. The number of methoxy groups -OCH3 is 1. The second-order valence-electron chi connectivity index (χ2n) is 3.19. The maximum atomic E-state index is 11.5. The van der Waals surface area contributed by atoms with Gasteiger partial charge in [0, 0.05) is 7.11 Å². The van der Waals surface area contributed by atoms with Gasteiger partial charge < -0.3 is 10.1 Å². The monoisotopic (exact) mass is 240 g/mol. The Hall–Kier alpha value is -1.07. The van der Waals surface area contributed by atoms with Crippen LogP contribution in [0, 0.1) is 0 Å². The molecule has 0 aromatic carbocycles. The molecule has 0 aliphatic carbocycles. The standard InChI is InChI=1S/C11H16N2O2S/c1-4-16-10-6-5-9(7-12-10)13-11(14)8(2)15-3/h5-8H,4H2,1-3H3,(H,13,14)/t8-/m0/s1. The van der Waals surface area contributed by atoms with Gasteiger partial charge in [0.05, 0.1) is 16.9 Å². The maximum absolute atomic E-state index is 11.5. The zero-order chi connectivity index (χ0) is 12.0. The van der Waals surface area contributed by atoms with Gasteiger partial charge in [-0.2, -0.15) is 0 Å². The summed E-state index contributed by atoms with van der Waals surface area (Å²) in [6.45, 7) is 3.77. The van der Waals surface area contributed by atoms with Crippen molar-refractivity contribution in [3.8, 4) is 0 Å². The molecule has 4 nitrogen and oxygen atoms in total. The molecule has 5 heteroatoms. The third-order valence-electron chi connectivity index (χ3n) is 2.02. The summed E-state index contributed by atoms with van der Waals surface area (Å²) in [4.78, 5) is 15.7. The van der Waals surface area contributed by atoms with Gasteiger partial charge in [-0.15, -0.1) is 11.8 Å². The van der Waals surface area contributed by atoms with Gasteiger partial charge in [-0.1, -0.05) is 6.92 Å². The van der Waals surface area contributed by atoms with Crippen LogP contribution >= 0.6 is 11.8 Å². The Bertz CT molecular complexity index is 340. The number of hydrogen-bond donors (Lipinski definition) is 1. The molecule has 1 N–H and O–H groups in total. The van der Waals surface area contributed by atoms with E-state index in [0.29, 0.717) is 5.69 Å². The predicted octanol–water partition coefficient (Wildman–Crippen LogP) is 2.17. The molecule has 88 valence electrons. The van der Waals surface area contributed by atoms with Crippen molar-refractivity contribution in [1.29, 1.82) is 0 Å². The largest absolute Gasteiger partial charge is 0.372 e. The number of anilines is 1. The lowest BCUT2D eigenvalue weighted by atomic mass is 10.3. The second kappa shape index (κ2) is 6.50. The Morgan fingerprint density at radius 1 is 1.62 bits per heavy atom. The van der Waals surface area contributed by atoms with Gasteiger partial charge in [-0.05, 0) is 24.8 Å². The van der Waals surface area contributed by atoms with Crippen LogP contribution in [-0.4, -0.2) is 29.9 Å². The Balaban J connectivity index is 2.58. The van der Waals surface area contributed by atoms with Crippen LogP contribution in [-0.2, 0) is 9.53 Å². The highest BCUT2D eigenvalue weighted by molar-refractivity contribution is 7.99. The first kappa shape index (κ1) is 13.0. The summed E-state index contributed by atoms with van der Waals surface area (Å²) in [5.74, 6) is 0.819. The van der Waals surface area contributed by atoms with Crippen LogP contribution in [0.15, 0.2) is 23.4 Å². The number of nitrogens with zero attached hydrogens (tertiary/aromatic N) is 1. The van der Waals surface area contributed by atoms with Crippen LogP contribution in [0.4, 0.5) is 5.69 Å². The van der Waals surface area contributed by atoms with E-state index in [1.54, 1.807) is 24.9 Å². The van der Waals surface area contributed by atoms with Crippen molar-refractivity contribution < 1.29 is 9.53 Å². The normalized spacial score (nSPS) is 12.2. The van der Waals surface area contributed by atoms with Crippen molar-refractivity contribution >= 4 is 23.4 Å². The number of hydrogen-bond acceptors (Lipinski definition) is 4. The van der Waals surface area contributed by atoms with Crippen LogP contribution in [0.1, 0.15) is 13.8 Å². The highest BCUT2D eigenvalue weighted by atomic mass is 32.2. The van der Waals surface area contributed by atoms with Crippen LogP contribution in [0.25, 0.3) is 0 Å².